The molecule has 5 atom stereocenters. The second kappa shape index (κ2) is 19.0. The lowest BCUT2D eigenvalue weighted by molar-refractivity contribution is -0.232. The standard InChI is InChI=1S/C37H48O10/c1-3-5-7-9-11-13-15-17-24-19-26(39)22-27(20-24)46-37(45)30-25(18-16-14-12-10-8-6-4-2)21-28(40)31(33(30)42)36-35(44)34(43)32(41)29(23-38)47-36/h7-14,19-22,29,32,34-36,38-44H,3-6,15-18,23H2,1-2H3/b9-7+,10-8+,13-11+,14-12+. The van der Waals surface area contributed by atoms with Gasteiger partial charge < -0.3 is 45.2 Å². The van der Waals surface area contributed by atoms with Crippen molar-refractivity contribution in [3.05, 3.63) is 95.1 Å². The maximum absolute atomic E-state index is 13.7. The number of hydrogen-bond donors (Lipinski definition) is 7. The second-order valence-electron chi connectivity index (χ2n) is 11.5. The van der Waals surface area contributed by atoms with Gasteiger partial charge in [0.2, 0.25) is 0 Å². The van der Waals surface area contributed by atoms with Gasteiger partial charge in [-0.25, -0.2) is 4.79 Å². The van der Waals surface area contributed by atoms with Crippen molar-refractivity contribution in [2.75, 3.05) is 6.61 Å². The number of unbranched alkanes of at least 4 members (excludes halogenated alkanes) is 2. The molecular formula is C37H48O10. The molecule has 2 aromatic carbocycles. The molecule has 0 spiro atoms. The van der Waals surface area contributed by atoms with Crippen LogP contribution in [0, 0.1) is 0 Å². The van der Waals surface area contributed by atoms with Crippen molar-refractivity contribution in [3.8, 4) is 23.0 Å². The van der Waals surface area contributed by atoms with Gasteiger partial charge in [0.25, 0.3) is 0 Å². The third-order valence-corrected chi connectivity index (χ3v) is 7.80. The molecule has 0 aliphatic carbocycles. The van der Waals surface area contributed by atoms with E-state index in [4.69, 9.17) is 9.47 Å². The van der Waals surface area contributed by atoms with Gasteiger partial charge in [-0.15, -0.1) is 0 Å². The number of rotatable bonds is 16. The molecular weight excluding hydrogens is 604 g/mol. The molecule has 1 aliphatic rings. The lowest BCUT2D eigenvalue weighted by Crippen LogP contribution is -2.55. The first kappa shape index (κ1) is 37.5. The van der Waals surface area contributed by atoms with E-state index in [1.165, 1.54) is 12.1 Å². The molecule has 0 bridgehead atoms. The highest BCUT2D eigenvalue weighted by atomic mass is 16.5. The lowest BCUT2D eigenvalue weighted by atomic mass is 9.87. The highest BCUT2D eigenvalue weighted by Crippen LogP contribution is 2.44. The number of carbonyl (C=O) groups excluding carboxylic acids is 1. The average molecular weight is 653 g/mol. The van der Waals surface area contributed by atoms with Gasteiger partial charge in [-0.1, -0.05) is 75.3 Å². The summed E-state index contributed by atoms with van der Waals surface area (Å²) in [6.07, 6.45) is 13.4. The SMILES string of the molecule is CCC/C=C/C=C/CCc1cc(O)cc(OC(=O)c2c(CC/C=C/C=C/CCC)cc(O)c(C3OC(CO)C(O)C(O)C3O)c2O)c1. The Morgan fingerprint density at radius 2 is 1.38 bits per heavy atom. The molecule has 10 nitrogen and oxygen atoms in total. The summed E-state index contributed by atoms with van der Waals surface area (Å²) in [5, 5.41) is 73.8. The number of benzene rings is 2. The average Bonchev–Trinajstić information content (AvgIpc) is 3.03. The zero-order valence-electron chi connectivity index (χ0n) is 27.0. The highest BCUT2D eigenvalue weighted by molar-refractivity contribution is 5.96. The van der Waals surface area contributed by atoms with Gasteiger partial charge in [0.15, 0.2) is 0 Å². The van der Waals surface area contributed by atoms with Crippen LogP contribution in [0.2, 0.25) is 0 Å². The van der Waals surface area contributed by atoms with Gasteiger partial charge in [-0.3, -0.25) is 0 Å². The van der Waals surface area contributed by atoms with E-state index in [-0.39, 0.29) is 29.0 Å². The topological polar surface area (TPSA) is 177 Å². The summed E-state index contributed by atoms with van der Waals surface area (Å²) in [7, 11) is 0. The molecule has 1 saturated heterocycles. The van der Waals surface area contributed by atoms with Crippen molar-refractivity contribution in [2.24, 2.45) is 0 Å². The van der Waals surface area contributed by atoms with E-state index in [1.54, 1.807) is 12.1 Å². The summed E-state index contributed by atoms with van der Waals surface area (Å²) in [6.45, 7) is 3.46. The Morgan fingerprint density at radius 3 is 1.98 bits per heavy atom. The molecule has 10 heteroatoms. The van der Waals surface area contributed by atoms with Gasteiger partial charge in [-0.05, 0) is 67.9 Å². The number of hydrogen-bond acceptors (Lipinski definition) is 10. The van der Waals surface area contributed by atoms with Crippen LogP contribution in [0.5, 0.6) is 23.0 Å². The fraction of sp³-hybridized carbons (Fsp3) is 0.432. The number of aliphatic hydroxyl groups is 4. The van der Waals surface area contributed by atoms with E-state index in [1.807, 2.05) is 42.5 Å². The number of ether oxygens (including phenoxy) is 2. The first-order chi connectivity index (χ1) is 22.6. The van der Waals surface area contributed by atoms with Crippen LogP contribution in [0.15, 0.2) is 72.9 Å². The molecule has 7 N–H and O–H groups in total. The number of allylic oxidation sites excluding steroid dienone is 8. The number of carbonyl (C=O) groups is 1. The third-order valence-electron chi connectivity index (χ3n) is 7.80. The maximum atomic E-state index is 13.7. The Morgan fingerprint density at radius 1 is 0.787 bits per heavy atom. The van der Waals surface area contributed by atoms with Gasteiger partial charge in [0.1, 0.15) is 59.1 Å². The fourth-order valence-electron chi connectivity index (χ4n) is 5.29. The minimum absolute atomic E-state index is 0.0330. The van der Waals surface area contributed by atoms with Gasteiger partial charge in [0.05, 0.1) is 12.2 Å². The van der Waals surface area contributed by atoms with Crippen molar-refractivity contribution in [1.29, 1.82) is 0 Å². The molecule has 47 heavy (non-hydrogen) atoms. The van der Waals surface area contributed by atoms with Crippen LogP contribution in [0.1, 0.15) is 85.5 Å². The van der Waals surface area contributed by atoms with Gasteiger partial charge in [0, 0.05) is 6.07 Å². The number of aryl methyl sites for hydroxylation is 2. The van der Waals surface area contributed by atoms with Crippen molar-refractivity contribution < 1.29 is 50.0 Å². The van der Waals surface area contributed by atoms with E-state index in [2.05, 4.69) is 19.9 Å². The molecule has 5 unspecified atom stereocenters. The smallest absolute Gasteiger partial charge is 0.347 e. The maximum Gasteiger partial charge on any atom is 0.347 e. The Labute approximate surface area is 276 Å². The molecule has 1 heterocycles. The Hall–Kier alpha value is -3.93. The second-order valence-corrected chi connectivity index (χ2v) is 11.5. The predicted molar refractivity (Wildman–Crippen MR) is 179 cm³/mol. The van der Waals surface area contributed by atoms with Crippen LogP contribution in [-0.2, 0) is 17.6 Å². The number of phenols is 3. The largest absolute Gasteiger partial charge is 0.508 e. The highest BCUT2D eigenvalue weighted by Gasteiger charge is 2.46. The summed E-state index contributed by atoms with van der Waals surface area (Å²) in [6, 6.07) is 5.70. The Kier molecular flexibility index (Phi) is 15.2. The summed E-state index contributed by atoms with van der Waals surface area (Å²) in [5.41, 5.74) is 0.235. The minimum atomic E-state index is -1.82. The molecule has 2 aromatic rings. The van der Waals surface area contributed by atoms with E-state index in [0.29, 0.717) is 24.8 Å². The fourth-order valence-corrected chi connectivity index (χ4v) is 5.29. The predicted octanol–water partition coefficient (Wildman–Crippen LogP) is 5.23. The number of aromatic hydroxyl groups is 3. The van der Waals surface area contributed by atoms with Gasteiger partial charge in [-0.2, -0.15) is 0 Å². The van der Waals surface area contributed by atoms with Crippen LogP contribution in [0.4, 0.5) is 0 Å². The summed E-state index contributed by atoms with van der Waals surface area (Å²) in [5.74, 6) is -2.35. The summed E-state index contributed by atoms with van der Waals surface area (Å²) < 4.78 is 11.2. The Balaban J connectivity index is 1.94. The van der Waals surface area contributed by atoms with E-state index in [0.717, 1.165) is 25.7 Å². The number of aliphatic hydroxyl groups excluding tert-OH is 4. The molecule has 3 rings (SSSR count). The van der Waals surface area contributed by atoms with E-state index < -0.39 is 60.2 Å². The van der Waals surface area contributed by atoms with Crippen molar-refractivity contribution in [2.45, 2.75) is 95.7 Å². The van der Waals surface area contributed by atoms with Crippen molar-refractivity contribution >= 4 is 5.97 Å². The molecule has 0 amide bonds. The molecule has 1 fully saturated rings. The van der Waals surface area contributed by atoms with Gasteiger partial charge >= 0.3 is 5.97 Å². The summed E-state index contributed by atoms with van der Waals surface area (Å²) >= 11 is 0. The first-order valence-corrected chi connectivity index (χ1v) is 16.2. The normalized spacial score (nSPS) is 21.9. The zero-order chi connectivity index (χ0) is 34.3. The van der Waals surface area contributed by atoms with Crippen LogP contribution in [0.3, 0.4) is 0 Å². The van der Waals surface area contributed by atoms with Crippen LogP contribution in [0.25, 0.3) is 0 Å². The van der Waals surface area contributed by atoms with Crippen molar-refractivity contribution in [1.82, 2.24) is 0 Å². The molecule has 256 valence electrons. The third kappa shape index (κ3) is 10.5. The molecule has 0 radical (unpaired) electrons. The molecule has 0 aromatic heterocycles. The monoisotopic (exact) mass is 652 g/mol. The van der Waals surface area contributed by atoms with Crippen LogP contribution < -0.4 is 4.74 Å². The van der Waals surface area contributed by atoms with Crippen molar-refractivity contribution in [3.63, 3.8) is 0 Å². The van der Waals surface area contributed by atoms with E-state index >= 15 is 0 Å². The van der Waals surface area contributed by atoms with Crippen LogP contribution in [-0.4, -0.2) is 72.7 Å². The lowest BCUT2D eigenvalue weighted by Gasteiger charge is -2.40. The molecule has 0 saturated carbocycles. The number of phenolic OH excluding ortho intramolecular Hbond substituents is 3. The summed E-state index contributed by atoms with van der Waals surface area (Å²) in [4.78, 5) is 13.7. The number of esters is 1. The molecule has 1 aliphatic heterocycles. The Bertz CT molecular complexity index is 1420. The quantitative estimate of drug-likeness (QED) is 0.0722. The van der Waals surface area contributed by atoms with E-state index in [9.17, 15) is 40.5 Å². The minimum Gasteiger partial charge on any atom is -0.508 e. The first-order valence-electron chi connectivity index (χ1n) is 16.2. The zero-order valence-corrected chi connectivity index (χ0v) is 27.0. The van der Waals surface area contributed by atoms with Crippen LogP contribution >= 0.6 is 0 Å².